The molecule has 246 valence electrons. The van der Waals surface area contributed by atoms with Crippen molar-refractivity contribution in [2.45, 2.75) is 56.1 Å². The Kier molecular flexibility index (Phi) is 8.82. The molecule has 0 unspecified atom stereocenters. The van der Waals surface area contributed by atoms with E-state index in [9.17, 15) is 26.4 Å². The number of piperazine rings is 1. The predicted molar refractivity (Wildman–Crippen MR) is 167 cm³/mol. The summed E-state index contributed by atoms with van der Waals surface area (Å²) in [6.07, 6.45) is -3.02. The van der Waals surface area contributed by atoms with E-state index in [4.69, 9.17) is 4.52 Å². The smallest absolute Gasteiger partial charge is 0.366 e. The van der Waals surface area contributed by atoms with E-state index in [0.717, 1.165) is 16.2 Å². The highest BCUT2D eigenvalue weighted by molar-refractivity contribution is 7.91. The van der Waals surface area contributed by atoms with Crippen molar-refractivity contribution in [3.63, 3.8) is 0 Å². The number of fused-ring (bicyclic) bond motifs is 1. The molecule has 11 nitrogen and oxygen atoms in total. The number of anilines is 1. The van der Waals surface area contributed by atoms with Crippen molar-refractivity contribution < 1.29 is 30.9 Å². The number of nitrogens with one attached hydrogen (secondary N) is 1. The third kappa shape index (κ3) is 6.22. The van der Waals surface area contributed by atoms with Gasteiger partial charge in [-0.25, -0.2) is 18.4 Å². The average molecular weight is 678 g/mol. The third-order valence-corrected chi connectivity index (χ3v) is 12.0. The summed E-state index contributed by atoms with van der Waals surface area (Å²) in [4.78, 5) is 25.7. The van der Waals surface area contributed by atoms with Gasteiger partial charge in [-0.2, -0.15) is 17.5 Å². The van der Waals surface area contributed by atoms with Gasteiger partial charge in [0.2, 0.25) is 0 Å². The molecule has 1 amide bonds. The predicted octanol–water partition coefficient (Wildman–Crippen LogP) is 4.94. The molecule has 6 rings (SSSR count). The lowest BCUT2D eigenvalue weighted by atomic mass is 10.1. The summed E-state index contributed by atoms with van der Waals surface area (Å²) in [5.41, 5.74) is 2.04. The monoisotopic (exact) mass is 677 g/mol. The second kappa shape index (κ2) is 12.5. The van der Waals surface area contributed by atoms with E-state index in [1.165, 1.54) is 28.0 Å². The topological polar surface area (TPSA) is 125 Å². The van der Waals surface area contributed by atoms with Crippen molar-refractivity contribution in [2.75, 3.05) is 44.6 Å². The summed E-state index contributed by atoms with van der Waals surface area (Å²) in [6, 6.07) is 6.28. The molecular weight excluding hydrogens is 644 g/mol. The number of aryl methyl sites for hydroxylation is 1. The molecule has 3 aromatic heterocycles. The van der Waals surface area contributed by atoms with E-state index in [2.05, 4.69) is 25.3 Å². The quantitative estimate of drug-likeness (QED) is 0.276. The van der Waals surface area contributed by atoms with Crippen LogP contribution in [0, 0.1) is 13.8 Å². The number of alkyl halides is 3. The van der Waals surface area contributed by atoms with Crippen LogP contribution in [0.4, 0.5) is 19.0 Å². The summed E-state index contributed by atoms with van der Waals surface area (Å²) in [7, 11) is -3.67. The Morgan fingerprint density at radius 1 is 1.11 bits per heavy atom. The number of carbonyl (C=O) groups is 1. The maximum Gasteiger partial charge on any atom is 0.408 e. The number of aromatic nitrogens is 3. The van der Waals surface area contributed by atoms with E-state index in [-0.39, 0.29) is 40.7 Å². The lowest BCUT2D eigenvalue weighted by Crippen LogP contribution is -2.50. The zero-order chi connectivity index (χ0) is 32.8. The Hall–Kier alpha value is -3.60. The molecule has 0 spiro atoms. The molecular formula is C30H34F3N7O4S2. The largest absolute Gasteiger partial charge is 0.408 e. The molecule has 0 aliphatic carbocycles. The summed E-state index contributed by atoms with van der Waals surface area (Å²) in [5.74, 6) is 0.349. The van der Waals surface area contributed by atoms with Crippen molar-refractivity contribution in [3.8, 4) is 10.6 Å². The van der Waals surface area contributed by atoms with Crippen molar-refractivity contribution in [2.24, 2.45) is 0 Å². The van der Waals surface area contributed by atoms with Crippen LogP contribution >= 0.6 is 11.3 Å². The Morgan fingerprint density at radius 3 is 2.57 bits per heavy atom. The van der Waals surface area contributed by atoms with Crippen LogP contribution in [0.1, 0.15) is 41.4 Å². The van der Waals surface area contributed by atoms with Gasteiger partial charge < -0.3 is 14.7 Å². The van der Waals surface area contributed by atoms with Crippen LogP contribution in [0.15, 0.2) is 45.4 Å². The molecule has 5 heterocycles. The first-order valence-electron chi connectivity index (χ1n) is 15.0. The SMILES string of the molecule is Cc1noc(-c2ccc(S(=O)(=O)N3CCN(C[C@H](C)Nc4ncnc5c(C(=O)N6CCC[C@H]6C(F)(F)F)cccc45)CC3)s2)c1C. The number of carbonyl (C=O) groups excluding carboxylic acids is 1. The fourth-order valence-corrected chi connectivity index (χ4v) is 8.97. The summed E-state index contributed by atoms with van der Waals surface area (Å²) >= 11 is 1.17. The average Bonchev–Trinajstić information content (AvgIpc) is 3.78. The lowest BCUT2D eigenvalue weighted by molar-refractivity contribution is -0.169. The molecule has 1 N–H and O–H groups in total. The number of amides is 1. The molecule has 1 aromatic carbocycles. The van der Waals surface area contributed by atoms with Crippen molar-refractivity contribution in [1.82, 2.24) is 29.2 Å². The van der Waals surface area contributed by atoms with Crippen LogP contribution in [0.3, 0.4) is 0 Å². The molecule has 2 atom stereocenters. The van der Waals surface area contributed by atoms with Gasteiger partial charge in [0.25, 0.3) is 15.9 Å². The molecule has 2 fully saturated rings. The molecule has 2 saturated heterocycles. The second-order valence-electron chi connectivity index (χ2n) is 11.7. The highest BCUT2D eigenvalue weighted by Crippen LogP contribution is 2.36. The molecule has 16 heteroatoms. The van der Waals surface area contributed by atoms with Gasteiger partial charge in [0.1, 0.15) is 22.4 Å². The van der Waals surface area contributed by atoms with Gasteiger partial charge in [0.05, 0.1) is 21.7 Å². The summed E-state index contributed by atoms with van der Waals surface area (Å²) in [6.45, 7) is 8.05. The minimum atomic E-state index is -4.49. The second-order valence-corrected chi connectivity index (χ2v) is 15.0. The first kappa shape index (κ1) is 32.3. The van der Waals surface area contributed by atoms with Crippen LogP contribution in [0.25, 0.3) is 21.5 Å². The Labute approximate surface area is 268 Å². The van der Waals surface area contributed by atoms with E-state index >= 15 is 0 Å². The molecule has 0 radical (unpaired) electrons. The van der Waals surface area contributed by atoms with Crippen LogP contribution < -0.4 is 5.32 Å². The fraction of sp³-hybridized carbons (Fsp3) is 0.467. The van der Waals surface area contributed by atoms with Gasteiger partial charge in [-0.15, -0.1) is 11.3 Å². The Morgan fingerprint density at radius 2 is 1.87 bits per heavy atom. The highest BCUT2D eigenvalue weighted by Gasteiger charge is 2.48. The van der Waals surface area contributed by atoms with E-state index < -0.39 is 28.1 Å². The van der Waals surface area contributed by atoms with Crippen molar-refractivity contribution in [1.29, 1.82) is 0 Å². The first-order chi connectivity index (χ1) is 21.8. The number of rotatable bonds is 8. The maximum atomic E-state index is 13.6. The zero-order valence-electron chi connectivity index (χ0n) is 25.5. The Bertz CT molecular complexity index is 1850. The van der Waals surface area contributed by atoms with E-state index in [1.807, 2.05) is 20.8 Å². The van der Waals surface area contributed by atoms with Gasteiger partial charge in [0, 0.05) is 56.3 Å². The standard InChI is InChI=1S/C30H34F3N7O4S2/c1-18(16-38-12-14-39(15-13-38)46(42,43)25-10-9-23(45-25)27-19(2)20(3)37-44-27)36-28-21-6-4-7-22(26(21)34-17-35-28)29(41)40-11-5-8-24(40)30(31,32)33/h4,6-7,9-10,17-18,24H,5,8,11-16H2,1-3H3,(H,34,35,36)/t18-,24-/m0/s1. The van der Waals surface area contributed by atoms with Gasteiger partial charge in [0.15, 0.2) is 5.76 Å². The van der Waals surface area contributed by atoms with Gasteiger partial charge in [-0.1, -0.05) is 11.2 Å². The summed E-state index contributed by atoms with van der Waals surface area (Å²) < 4.78 is 74.6. The van der Waals surface area contributed by atoms with Crippen LogP contribution in [-0.4, -0.2) is 101 Å². The van der Waals surface area contributed by atoms with E-state index in [0.29, 0.717) is 54.6 Å². The summed E-state index contributed by atoms with van der Waals surface area (Å²) in [5, 5.41) is 7.85. The number of benzene rings is 1. The molecule has 46 heavy (non-hydrogen) atoms. The number of hydrogen-bond donors (Lipinski definition) is 1. The van der Waals surface area contributed by atoms with Gasteiger partial charge in [-0.05, 0) is 57.9 Å². The third-order valence-electron chi connectivity index (χ3n) is 8.59. The number of likely N-dealkylation sites (tertiary alicyclic amines) is 1. The minimum absolute atomic E-state index is 0.0393. The minimum Gasteiger partial charge on any atom is -0.366 e. The number of sulfonamides is 1. The van der Waals surface area contributed by atoms with Crippen molar-refractivity contribution >= 4 is 44.0 Å². The first-order valence-corrected chi connectivity index (χ1v) is 17.2. The van der Waals surface area contributed by atoms with Crippen LogP contribution in [0.2, 0.25) is 0 Å². The molecule has 2 aliphatic heterocycles. The number of halogens is 3. The lowest BCUT2D eigenvalue weighted by Gasteiger charge is -2.35. The van der Waals surface area contributed by atoms with Gasteiger partial charge >= 0.3 is 6.18 Å². The van der Waals surface area contributed by atoms with E-state index in [1.54, 1.807) is 24.3 Å². The number of para-hydroxylation sites is 1. The molecule has 4 aromatic rings. The number of hydrogen-bond acceptors (Lipinski definition) is 10. The highest BCUT2D eigenvalue weighted by atomic mass is 32.2. The molecule has 0 saturated carbocycles. The number of thiophene rings is 1. The zero-order valence-corrected chi connectivity index (χ0v) is 27.2. The van der Waals surface area contributed by atoms with Gasteiger partial charge in [-0.3, -0.25) is 9.69 Å². The van der Waals surface area contributed by atoms with Crippen LogP contribution in [-0.2, 0) is 10.0 Å². The normalized spacial score (nSPS) is 19.2. The fourth-order valence-electron chi connectivity index (χ4n) is 6.05. The Balaban J connectivity index is 1.09. The maximum absolute atomic E-state index is 13.6. The molecule has 0 bridgehead atoms. The molecule has 2 aliphatic rings. The van der Waals surface area contributed by atoms with Crippen LogP contribution in [0.5, 0.6) is 0 Å². The number of nitrogens with zero attached hydrogens (tertiary/aromatic N) is 6. The van der Waals surface area contributed by atoms with Crippen molar-refractivity contribution in [3.05, 3.63) is 53.5 Å².